The topological polar surface area (TPSA) is 125 Å². The van der Waals surface area contributed by atoms with E-state index in [-0.39, 0.29) is 27.7 Å². The van der Waals surface area contributed by atoms with E-state index in [0.717, 1.165) is 3.57 Å². The first kappa shape index (κ1) is 24.9. The quantitative estimate of drug-likeness (QED) is 0.181. The fourth-order valence-electron chi connectivity index (χ4n) is 2.79. The highest BCUT2D eigenvalue weighted by Crippen LogP contribution is 2.26. The smallest absolute Gasteiger partial charge is 0.339 e. The van der Waals surface area contributed by atoms with E-state index >= 15 is 0 Å². The molecule has 0 spiro atoms. The van der Waals surface area contributed by atoms with E-state index in [1.165, 1.54) is 49.4 Å². The zero-order valence-electron chi connectivity index (χ0n) is 17.8. The molecular weight excluding hydrogens is 569 g/mol. The summed E-state index contributed by atoms with van der Waals surface area (Å²) in [5.74, 6) is -0.981. The summed E-state index contributed by atoms with van der Waals surface area (Å²) >= 11 is 2.13. The average Bonchev–Trinajstić information content (AvgIpc) is 2.79. The molecule has 0 aliphatic heterocycles. The van der Waals surface area contributed by atoms with Crippen molar-refractivity contribution in [1.29, 1.82) is 5.26 Å². The zero-order valence-corrected chi connectivity index (χ0v) is 20.8. The Morgan fingerprint density at radius 2 is 1.53 bits per heavy atom. The number of carbonyl (C=O) groups excluding carboxylic acids is 2. The van der Waals surface area contributed by atoms with E-state index in [2.05, 4.69) is 33.2 Å². The van der Waals surface area contributed by atoms with E-state index in [4.69, 9.17) is 4.18 Å². The maximum absolute atomic E-state index is 12.8. The lowest BCUT2D eigenvalue weighted by Crippen LogP contribution is -2.14. The number of para-hydroxylation sites is 1. The van der Waals surface area contributed by atoms with Gasteiger partial charge in [0.05, 0.1) is 0 Å². The molecule has 172 valence electrons. The summed E-state index contributed by atoms with van der Waals surface area (Å²) in [6.45, 7) is 1.34. The number of benzene rings is 3. The molecule has 0 aromatic heterocycles. The summed E-state index contributed by atoms with van der Waals surface area (Å²) in [4.78, 5) is 23.6. The highest BCUT2D eigenvalue weighted by molar-refractivity contribution is 14.1. The number of amides is 2. The van der Waals surface area contributed by atoms with Gasteiger partial charge in [-0.1, -0.05) is 18.2 Å². The standard InChI is InChI=1S/C24H18IN3O5S/c1-16(29)27-20-10-12-22(13-11-20)34(31,32)33-23-5-3-2-4-17(23)14-18(15-26)24(30)28-21-8-6-19(25)7-9-21/h2-14H,1H3,(H,27,29)(H,28,30)/b18-14+. The van der Waals surface area contributed by atoms with Crippen LogP contribution in [0.2, 0.25) is 0 Å². The van der Waals surface area contributed by atoms with E-state index < -0.39 is 16.0 Å². The molecule has 0 bridgehead atoms. The first-order chi connectivity index (χ1) is 16.2. The molecule has 0 saturated carbocycles. The highest BCUT2D eigenvalue weighted by atomic mass is 127. The van der Waals surface area contributed by atoms with Gasteiger partial charge in [-0.3, -0.25) is 9.59 Å². The van der Waals surface area contributed by atoms with Crippen LogP contribution in [0.5, 0.6) is 5.75 Å². The van der Waals surface area contributed by atoms with Crippen LogP contribution < -0.4 is 14.8 Å². The predicted octanol–water partition coefficient (Wildman–Crippen LogP) is 4.56. The van der Waals surface area contributed by atoms with Gasteiger partial charge in [0.25, 0.3) is 5.91 Å². The summed E-state index contributed by atoms with van der Waals surface area (Å²) in [6, 6.07) is 20.5. The van der Waals surface area contributed by atoms with Crippen molar-refractivity contribution in [3.8, 4) is 11.8 Å². The minimum absolute atomic E-state index is 0.0525. The number of rotatable bonds is 7. The Bertz CT molecular complexity index is 1390. The van der Waals surface area contributed by atoms with Crippen LogP contribution in [-0.4, -0.2) is 20.2 Å². The van der Waals surface area contributed by atoms with Crippen LogP contribution in [0, 0.1) is 14.9 Å². The number of nitrogens with zero attached hydrogens (tertiary/aromatic N) is 1. The number of nitriles is 1. The maximum atomic E-state index is 12.8. The maximum Gasteiger partial charge on any atom is 0.339 e. The van der Waals surface area contributed by atoms with Crippen LogP contribution >= 0.6 is 22.6 Å². The largest absolute Gasteiger partial charge is 0.378 e. The lowest BCUT2D eigenvalue weighted by atomic mass is 10.1. The van der Waals surface area contributed by atoms with Crippen LogP contribution in [0.15, 0.2) is 83.3 Å². The summed E-state index contributed by atoms with van der Waals surface area (Å²) in [5.41, 5.74) is 0.955. The normalized spacial score (nSPS) is 11.3. The molecule has 34 heavy (non-hydrogen) atoms. The monoisotopic (exact) mass is 587 g/mol. The van der Waals surface area contributed by atoms with Gasteiger partial charge in [0.15, 0.2) is 0 Å². The number of halogens is 1. The zero-order chi connectivity index (χ0) is 24.7. The van der Waals surface area contributed by atoms with Gasteiger partial charge in [-0.05, 0) is 83.3 Å². The minimum Gasteiger partial charge on any atom is -0.378 e. The molecule has 0 radical (unpaired) electrons. The molecule has 0 heterocycles. The van der Waals surface area contributed by atoms with Gasteiger partial charge >= 0.3 is 10.1 Å². The highest BCUT2D eigenvalue weighted by Gasteiger charge is 2.19. The Kier molecular flexibility index (Phi) is 8.04. The third kappa shape index (κ3) is 6.66. The summed E-state index contributed by atoms with van der Waals surface area (Å²) in [7, 11) is -4.22. The minimum atomic E-state index is -4.22. The van der Waals surface area contributed by atoms with E-state index in [1.54, 1.807) is 24.3 Å². The van der Waals surface area contributed by atoms with Crippen LogP contribution in [0.3, 0.4) is 0 Å². The second kappa shape index (κ2) is 11.0. The molecule has 0 atom stereocenters. The Morgan fingerprint density at radius 1 is 0.941 bits per heavy atom. The number of hydrogen-bond acceptors (Lipinski definition) is 6. The summed E-state index contributed by atoms with van der Waals surface area (Å²) in [5, 5.41) is 14.7. The van der Waals surface area contributed by atoms with Crippen LogP contribution in [0.4, 0.5) is 11.4 Å². The van der Waals surface area contributed by atoms with Gasteiger partial charge in [0, 0.05) is 27.4 Å². The third-order valence-corrected chi connectivity index (χ3v) is 6.32. The Hall–Kier alpha value is -3.69. The predicted molar refractivity (Wildman–Crippen MR) is 136 cm³/mol. The molecule has 0 fully saturated rings. The van der Waals surface area contributed by atoms with E-state index in [0.29, 0.717) is 11.4 Å². The first-order valence-corrected chi connectivity index (χ1v) is 12.3. The molecular formula is C24H18IN3O5S. The number of anilines is 2. The fourth-order valence-corrected chi connectivity index (χ4v) is 4.10. The van der Waals surface area contributed by atoms with Gasteiger partial charge in [-0.2, -0.15) is 13.7 Å². The lowest BCUT2D eigenvalue weighted by Gasteiger charge is -2.11. The molecule has 3 rings (SSSR count). The molecule has 0 aliphatic carbocycles. The van der Waals surface area contributed by atoms with Gasteiger partial charge in [0.2, 0.25) is 5.91 Å². The third-order valence-electron chi connectivity index (χ3n) is 4.35. The molecule has 3 aromatic rings. The van der Waals surface area contributed by atoms with Crippen molar-refractivity contribution in [3.05, 3.63) is 87.5 Å². The molecule has 0 saturated heterocycles. The van der Waals surface area contributed by atoms with Crippen molar-refractivity contribution in [2.24, 2.45) is 0 Å². The Morgan fingerprint density at radius 3 is 2.15 bits per heavy atom. The average molecular weight is 587 g/mol. The Balaban J connectivity index is 1.84. The number of hydrogen-bond donors (Lipinski definition) is 2. The first-order valence-electron chi connectivity index (χ1n) is 9.78. The van der Waals surface area contributed by atoms with Gasteiger partial charge < -0.3 is 14.8 Å². The van der Waals surface area contributed by atoms with Crippen LogP contribution in [0.25, 0.3) is 6.08 Å². The van der Waals surface area contributed by atoms with Crippen molar-refractivity contribution in [2.45, 2.75) is 11.8 Å². The summed E-state index contributed by atoms with van der Waals surface area (Å²) in [6.07, 6.45) is 1.26. The van der Waals surface area contributed by atoms with E-state index in [1.807, 2.05) is 18.2 Å². The fraction of sp³-hybridized carbons (Fsp3) is 0.0417. The summed E-state index contributed by atoms with van der Waals surface area (Å²) < 4.78 is 31.8. The molecule has 2 N–H and O–H groups in total. The lowest BCUT2D eigenvalue weighted by molar-refractivity contribution is -0.114. The van der Waals surface area contributed by atoms with Crippen molar-refractivity contribution in [3.63, 3.8) is 0 Å². The second-order valence-electron chi connectivity index (χ2n) is 6.91. The molecule has 0 aliphatic rings. The molecule has 2 amide bonds. The van der Waals surface area contributed by atoms with Gasteiger partial charge in [-0.25, -0.2) is 0 Å². The number of nitrogens with one attached hydrogen (secondary N) is 2. The van der Waals surface area contributed by atoms with Gasteiger partial charge in [0.1, 0.15) is 22.3 Å². The van der Waals surface area contributed by atoms with Crippen LogP contribution in [-0.2, 0) is 19.7 Å². The van der Waals surface area contributed by atoms with Crippen molar-refractivity contribution < 1.29 is 22.2 Å². The molecule has 3 aromatic carbocycles. The van der Waals surface area contributed by atoms with Crippen molar-refractivity contribution in [2.75, 3.05) is 10.6 Å². The van der Waals surface area contributed by atoms with Gasteiger partial charge in [-0.15, -0.1) is 0 Å². The number of carbonyl (C=O) groups is 2. The van der Waals surface area contributed by atoms with Crippen molar-refractivity contribution >= 4 is 62.0 Å². The SMILES string of the molecule is CC(=O)Nc1ccc(S(=O)(=O)Oc2ccccc2/C=C(\C#N)C(=O)Nc2ccc(I)cc2)cc1. The molecule has 10 heteroatoms. The van der Waals surface area contributed by atoms with Crippen LogP contribution in [0.1, 0.15) is 12.5 Å². The van der Waals surface area contributed by atoms with E-state index in [9.17, 15) is 23.3 Å². The Labute approximate surface area is 210 Å². The molecule has 0 unspecified atom stereocenters. The van der Waals surface area contributed by atoms with Crippen molar-refractivity contribution in [1.82, 2.24) is 0 Å². The second-order valence-corrected chi connectivity index (χ2v) is 9.70. The molecule has 8 nitrogen and oxygen atoms in total.